The lowest BCUT2D eigenvalue weighted by Gasteiger charge is -2.39. The second kappa shape index (κ2) is 6.63. The molecule has 1 aromatic rings. The summed E-state index contributed by atoms with van der Waals surface area (Å²) in [5, 5.41) is 4.41. The molecule has 0 aromatic heterocycles. The van der Waals surface area contributed by atoms with Crippen molar-refractivity contribution in [2.75, 3.05) is 6.54 Å². The van der Waals surface area contributed by atoms with E-state index in [1.54, 1.807) is 0 Å². The average Bonchev–Trinajstić information content (AvgIpc) is 2.35. The van der Waals surface area contributed by atoms with Gasteiger partial charge >= 0.3 is 0 Å². The third-order valence-electron chi connectivity index (χ3n) is 3.87. The fourth-order valence-corrected chi connectivity index (χ4v) is 4.49. The van der Waals surface area contributed by atoms with Gasteiger partial charge in [0.15, 0.2) is 0 Å². The monoisotopic (exact) mass is 263 g/mol. The smallest absolute Gasteiger partial charge is 0.0274 e. The van der Waals surface area contributed by atoms with Gasteiger partial charge in [-0.2, -0.15) is 0 Å². The third kappa shape index (κ3) is 3.52. The van der Waals surface area contributed by atoms with Gasteiger partial charge < -0.3 is 5.32 Å². The van der Waals surface area contributed by atoms with Crippen molar-refractivity contribution in [3.05, 3.63) is 30.3 Å². The maximum Gasteiger partial charge on any atom is 0.0274 e. The Bertz CT molecular complexity index is 351. The zero-order chi connectivity index (χ0) is 13.0. The van der Waals surface area contributed by atoms with E-state index >= 15 is 0 Å². The molecule has 1 aliphatic rings. The lowest BCUT2D eigenvalue weighted by molar-refractivity contribution is 0.251. The fourth-order valence-electron chi connectivity index (χ4n) is 3.15. The highest BCUT2D eigenvalue weighted by atomic mass is 32.2. The summed E-state index contributed by atoms with van der Waals surface area (Å²) in [6, 6.07) is 11.5. The summed E-state index contributed by atoms with van der Waals surface area (Å²) in [7, 11) is 0. The van der Waals surface area contributed by atoms with Crippen LogP contribution in [0.15, 0.2) is 35.2 Å². The molecule has 0 amide bonds. The average molecular weight is 263 g/mol. The van der Waals surface area contributed by atoms with Crippen LogP contribution in [0.2, 0.25) is 0 Å². The van der Waals surface area contributed by atoms with Crippen LogP contribution in [0.3, 0.4) is 0 Å². The molecule has 0 spiro atoms. The van der Waals surface area contributed by atoms with Crippen molar-refractivity contribution in [2.45, 2.75) is 49.8 Å². The Labute approximate surface area is 116 Å². The van der Waals surface area contributed by atoms with Gasteiger partial charge in [-0.3, -0.25) is 0 Å². The first kappa shape index (κ1) is 14.0. The highest BCUT2D eigenvalue weighted by Crippen LogP contribution is 2.39. The molecule has 1 aromatic carbocycles. The number of hydrogen-bond donors (Lipinski definition) is 1. The van der Waals surface area contributed by atoms with Crippen LogP contribution in [-0.2, 0) is 0 Å². The number of benzene rings is 1. The van der Waals surface area contributed by atoms with Crippen molar-refractivity contribution in [2.24, 2.45) is 11.8 Å². The Morgan fingerprint density at radius 3 is 2.56 bits per heavy atom. The van der Waals surface area contributed by atoms with E-state index < -0.39 is 0 Å². The van der Waals surface area contributed by atoms with Gasteiger partial charge in [-0.05, 0) is 43.4 Å². The van der Waals surface area contributed by atoms with Crippen molar-refractivity contribution in [1.82, 2.24) is 5.32 Å². The first-order valence-corrected chi connectivity index (χ1v) is 8.03. The number of nitrogens with one attached hydrogen (secondary N) is 1. The largest absolute Gasteiger partial charge is 0.313 e. The second-order valence-corrected chi connectivity index (χ2v) is 6.86. The molecular weight excluding hydrogens is 238 g/mol. The van der Waals surface area contributed by atoms with E-state index in [-0.39, 0.29) is 0 Å². The highest BCUT2D eigenvalue weighted by Gasteiger charge is 2.33. The molecule has 1 fully saturated rings. The summed E-state index contributed by atoms with van der Waals surface area (Å²) in [5.74, 6) is 1.65. The van der Waals surface area contributed by atoms with Gasteiger partial charge in [-0.1, -0.05) is 39.0 Å². The van der Waals surface area contributed by atoms with Crippen LogP contribution in [-0.4, -0.2) is 17.8 Å². The predicted molar refractivity (Wildman–Crippen MR) is 81.1 cm³/mol. The normalized spacial score (nSPS) is 32.4. The van der Waals surface area contributed by atoms with E-state index in [9.17, 15) is 0 Å². The summed E-state index contributed by atoms with van der Waals surface area (Å²) in [5.41, 5.74) is 0. The lowest BCUT2D eigenvalue weighted by atomic mass is 9.80. The molecule has 0 aliphatic heterocycles. The van der Waals surface area contributed by atoms with E-state index in [1.165, 1.54) is 17.7 Å². The van der Waals surface area contributed by atoms with Crippen molar-refractivity contribution in [3.8, 4) is 0 Å². The quantitative estimate of drug-likeness (QED) is 0.874. The summed E-state index contributed by atoms with van der Waals surface area (Å²) < 4.78 is 0. The number of thioether (sulfide) groups is 1. The molecule has 100 valence electrons. The molecule has 0 radical (unpaired) electrons. The molecule has 1 nitrogen and oxygen atoms in total. The van der Waals surface area contributed by atoms with Crippen LogP contribution >= 0.6 is 11.8 Å². The van der Waals surface area contributed by atoms with Crippen LogP contribution in [0.4, 0.5) is 0 Å². The Morgan fingerprint density at radius 2 is 1.89 bits per heavy atom. The molecule has 1 N–H and O–H groups in total. The van der Waals surface area contributed by atoms with Crippen LogP contribution in [0, 0.1) is 11.8 Å². The summed E-state index contributed by atoms with van der Waals surface area (Å²) in [4.78, 5) is 1.41. The molecule has 1 aliphatic carbocycles. The van der Waals surface area contributed by atoms with Gasteiger partial charge in [-0.15, -0.1) is 11.8 Å². The second-order valence-electron chi connectivity index (χ2n) is 5.61. The SMILES string of the molecule is CCNC1CC(C)CC(C)C1Sc1ccccc1. The van der Waals surface area contributed by atoms with Gasteiger partial charge in [0.1, 0.15) is 0 Å². The molecule has 2 rings (SSSR count). The first-order chi connectivity index (χ1) is 8.70. The Hall–Kier alpha value is -0.470. The maximum atomic E-state index is 3.69. The Morgan fingerprint density at radius 1 is 1.17 bits per heavy atom. The minimum absolute atomic E-state index is 0.666. The van der Waals surface area contributed by atoms with Gasteiger partial charge in [0.2, 0.25) is 0 Å². The number of hydrogen-bond acceptors (Lipinski definition) is 2. The van der Waals surface area contributed by atoms with E-state index in [2.05, 4.69) is 68.2 Å². The molecular formula is C16H25NS. The molecule has 2 heteroatoms. The summed E-state index contributed by atoms with van der Waals surface area (Å²) in [6.07, 6.45) is 2.69. The number of rotatable bonds is 4. The molecule has 4 unspecified atom stereocenters. The van der Waals surface area contributed by atoms with E-state index in [0.29, 0.717) is 11.3 Å². The maximum absolute atomic E-state index is 3.69. The van der Waals surface area contributed by atoms with E-state index in [1.807, 2.05) is 0 Å². The third-order valence-corrected chi connectivity index (χ3v) is 5.48. The zero-order valence-corrected chi connectivity index (χ0v) is 12.5. The summed E-state index contributed by atoms with van der Waals surface area (Å²) >= 11 is 2.06. The highest BCUT2D eigenvalue weighted by molar-refractivity contribution is 8.00. The van der Waals surface area contributed by atoms with Crippen LogP contribution in [0.25, 0.3) is 0 Å². The molecule has 0 saturated heterocycles. The summed E-state index contributed by atoms with van der Waals surface area (Å²) in [6.45, 7) is 8.11. The minimum Gasteiger partial charge on any atom is -0.313 e. The fraction of sp³-hybridized carbons (Fsp3) is 0.625. The predicted octanol–water partition coefficient (Wildman–Crippen LogP) is 4.19. The van der Waals surface area contributed by atoms with E-state index in [4.69, 9.17) is 0 Å². The minimum atomic E-state index is 0.666. The van der Waals surface area contributed by atoms with Crippen molar-refractivity contribution in [3.63, 3.8) is 0 Å². The molecule has 1 saturated carbocycles. The zero-order valence-electron chi connectivity index (χ0n) is 11.7. The lowest BCUT2D eigenvalue weighted by Crippen LogP contribution is -2.46. The van der Waals surface area contributed by atoms with Crippen molar-refractivity contribution < 1.29 is 0 Å². The van der Waals surface area contributed by atoms with E-state index in [0.717, 1.165) is 18.4 Å². The first-order valence-electron chi connectivity index (χ1n) is 7.15. The molecule has 4 atom stereocenters. The van der Waals surface area contributed by atoms with Gasteiger partial charge in [0.25, 0.3) is 0 Å². The Kier molecular flexibility index (Phi) is 5.13. The van der Waals surface area contributed by atoms with Crippen molar-refractivity contribution >= 4 is 11.8 Å². The standard InChI is InChI=1S/C16H25NS/c1-4-17-15-11-12(2)10-13(3)16(15)18-14-8-6-5-7-9-14/h5-9,12-13,15-17H,4,10-11H2,1-3H3. The van der Waals surface area contributed by atoms with Crippen LogP contribution in [0.1, 0.15) is 33.6 Å². The van der Waals surface area contributed by atoms with Gasteiger partial charge in [0, 0.05) is 16.2 Å². The van der Waals surface area contributed by atoms with Gasteiger partial charge in [-0.25, -0.2) is 0 Å². The Balaban J connectivity index is 2.07. The molecule has 0 bridgehead atoms. The van der Waals surface area contributed by atoms with Crippen LogP contribution < -0.4 is 5.32 Å². The van der Waals surface area contributed by atoms with Crippen LogP contribution in [0.5, 0.6) is 0 Å². The molecule has 0 heterocycles. The van der Waals surface area contributed by atoms with Gasteiger partial charge in [0.05, 0.1) is 0 Å². The topological polar surface area (TPSA) is 12.0 Å². The molecule has 18 heavy (non-hydrogen) atoms. The van der Waals surface area contributed by atoms with Crippen molar-refractivity contribution in [1.29, 1.82) is 0 Å².